The molecule has 0 fully saturated rings. The molecular formula is C28H21FN8O8. The van der Waals surface area contributed by atoms with Crippen LogP contribution in [0.2, 0.25) is 0 Å². The standard InChI is InChI=1S/C28H21FN8O8/c29-14-6-1-11(7-15(14)33-21-19(30)22(39)23(21)40)9-32-25(42)16-8-17(37-10-18(38)35-28(37)34-16)26(43)36-20(24(31)41)12-2-4-13(5-3-12)27(44)45/h1-8,10,20,33,38H,9,30H2,(H2,31,41)(H,32,42)(H,36,43)(H,44,45)/t20-/m1/s1. The molecule has 3 amide bonds. The number of amides is 3. The molecule has 17 heteroatoms. The summed E-state index contributed by atoms with van der Waals surface area (Å²) in [7, 11) is 0. The Hall–Kier alpha value is -6.65. The number of carbonyl (C=O) groups excluding carboxylic acids is 3. The Morgan fingerprint density at radius 3 is 2.33 bits per heavy atom. The van der Waals surface area contributed by atoms with Crippen LogP contribution in [0.1, 0.15) is 48.5 Å². The van der Waals surface area contributed by atoms with Crippen LogP contribution in [-0.2, 0) is 11.3 Å². The van der Waals surface area contributed by atoms with Gasteiger partial charge in [0.1, 0.15) is 34.6 Å². The van der Waals surface area contributed by atoms with Crippen LogP contribution >= 0.6 is 0 Å². The van der Waals surface area contributed by atoms with E-state index in [9.17, 15) is 38.3 Å². The third-order valence-corrected chi connectivity index (χ3v) is 6.63. The number of nitrogen functional groups attached to an aromatic ring is 1. The number of carbonyl (C=O) groups is 4. The summed E-state index contributed by atoms with van der Waals surface area (Å²) in [5.74, 6) is -5.44. The first kappa shape index (κ1) is 29.8. The number of halogens is 1. The van der Waals surface area contributed by atoms with Gasteiger partial charge in [-0.1, -0.05) is 18.2 Å². The fourth-order valence-corrected chi connectivity index (χ4v) is 4.31. The number of imidazole rings is 1. The van der Waals surface area contributed by atoms with Crippen molar-refractivity contribution in [2.24, 2.45) is 5.73 Å². The monoisotopic (exact) mass is 616 g/mol. The molecule has 1 atom stereocenters. The van der Waals surface area contributed by atoms with Gasteiger partial charge in [0.15, 0.2) is 0 Å². The number of rotatable bonds is 10. The number of primary amides is 1. The van der Waals surface area contributed by atoms with Gasteiger partial charge >= 0.3 is 5.97 Å². The second-order valence-electron chi connectivity index (χ2n) is 9.60. The summed E-state index contributed by atoms with van der Waals surface area (Å²) >= 11 is 0. The van der Waals surface area contributed by atoms with Gasteiger partial charge in [0.2, 0.25) is 17.6 Å². The van der Waals surface area contributed by atoms with E-state index in [2.05, 4.69) is 25.9 Å². The molecule has 5 rings (SSSR count). The number of aromatic nitrogens is 3. The zero-order valence-electron chi connectivity index (χ0n) is 22.7. The lowest BCUT2D eigenvalue weighted by Gasteiger charge is -2.17. The number of benzene rings is 2. The topological polar surface area (TPSA) is 261 Å². The normalized spacial score (nSPS) is 11.7. The molecule has 0 spiro atoms. The highest BCUT2D eigenvalue weighted by Crippen LogP contribution is 2.23. The number of carboxylic acid groups (broad SMARTS) is 1. The van der Waals surface area contributed by atoms with E-state index in [1.807, 2.05) is 0 Å². The molecule has 0 bridgehead atoms. The summed E-state index contributed by atoms with van der Waals surface area (Å²) in [5, 5.41) is 26.5. The molecular weight excluding hydrogens is 595 g/mol. The predicted molar refractivity (Wildman–Crippen MR) is 154 cm³/mol. The minimum Gasteiger partial charge on any atom is -0.492 e. The number of anilines is 3. The minimum absolute atomic E-state index is 0.0612. The molecule has 3 aromatic carbocycles. The van der Waals surface area contributed by atoms with Gasteiger partial charge in [-0.05, 0) is 41.5 Å². The number of hydrogen-bond donors (Lipinski definition) is 7. The predicted octanol–water partition coefficient (Wildman–Crippen LogP) is 0.0804. The van der Waals surface area contributed by atoms with E-state index in [0.29, 0.717) is 5.56 Å². The summed E-state index contributed by atoms with van der Waals surface area (Å²) in [6.45, 7) is -0.181. The fourth-order valence-electron chi connectivity index (χ4n) is 4.31. The van der Waals surface area contributed by atoms with Crippen molar-refractivity contribution >= 4 is 46.5 Å². The molecule has 228 valence electrons. The molecule has 9 N–H and O–H groups in total. The van der Waals surface area contributed by atoms with E-state index in [1.54, 1.807) is 0 Å². The smallest absolute Gasteiger partial charge is 0.335 e. The van der Waals surface area contributed by atoms with Crippen LogP contribution in [0.3, 0.4) is 0 Å². The van der Waals surface area contributed by atoms with Gasteiger partial charge in [0.25, 0.3) is 22.7 Å². The fraction of sp³-hybridized carbons (Fsp3) is 0.0714. The van der Waals surface area contributed by atoms with E-state index in [4.69, 9.17) is 16.6 Å². The van der Waals surface area contributed by atoms with Gasteiger partial charge in [0.05, 0.1) is 17.4 Å². The van der Waals surface area contributed by atoms with Crippen LogP contribution in [0.15, 0.2) is 64.3 Å². The zero-order chi connectivity index (χ0) is 32.6. The first-order valence-corrected chi connectivity index (χ1v) is 12.8. The van der Waals surface area contributed by atoms with E-state index in [-0.39, 0.29) is 51.9 Å². The van der Waals surface area contributed by atoms with E-state index in [0.717, 1.165) is 22.7 Å². The average Bonchev–Trinajstić information content (AvgIpc) is 3.41. The summed E-state index contributed by atoms with van der Waals surface area (Å²) in [6.07, 6.45) is 1.05. The molecule has 0 radical (unpaired) electrons. The molecule has 0 aliphatic rings. The summed E-state index contributed by atoms with van der Waals surface area (Å²) in [5.41, 5.74) is 8.32. The molecule has 2 heterocycles. The van der Waals surface area contributed by atoms with Gasteiger partial charge in [-0.2, -0.15) is 4.98 Å². The number of fused-ring (bicyclic) bond motifs is 1. The molecule has 0 aliphatic heterocycles. The van der Waals surface area contributed by atoms with Crippen LogP contribution in [-0.4, -0.2) is 48.3 Å². The second kappa shape index (κ2) is 11.6. The Morgan fingerprint density at radius 2 is 1.69 bits per heavy atom. The lowest BCUT2D eigenvalue weighted by molar-refractivity contribution is -0.120. The van der Waals surface area contributed by atoms with Gasteiger partial charge in [-0.15, -0.1) is 0 Å². The van der Waals surface area contributed by atoms with Gasteiger partial charge in [-0.3, -0.25) is 28.4 Å². The number of carboxylic acids is 1. The van der Waals surface area contributed by atoms with E-state index >= 15 is 0 Å². The summed E-state index contributed by atoms with van der Waals surface area (Å²) in [4.78, 5) is 80.6. The van der Waals surface area contributed by atoms with Crippen molar-refractivity contribution in [1.29, 1.82) is 0 Å². The average molecular weight is 617 g/mol. The molecule has 5 aromatic rings. The van der Waals surface area contributed by atoms with Crippen molar-refractivity contribution in [2.75, 3.05) is 11.1 Å². The Balaban J connectivity index is 1.37. The Labute approximate surface area is 249 Å². The minimum atomic E-state index is -1.40. The largest absolute Gasteiger partial charge is 0.492 e. The highest BCUT2D eigenvalue weighted by Gasteiger charge is 2.25. The Bertz CT molecular complexity index is 2100. The number of nitrogens with zero attached hydrogens (tertiary/aromatic N) is 3. The lowest BCUT2D eigenvalue weighted by atomic mass is 10.0. The van der Waals surface area contributed by atoms with E-state index < -0.39 is 52.3 Å². The molecule has 45 heavy (non-hydrogen) atoms. The van der Waals surface area contributed by atoms with Crippen LogP contribution in [0, 0.1) is 5.82 Å². The Kier molecular flexibility index (Phi) is 7.66. The quantitative estimate of drug-likeness (QED) is 0.103. The maximum atomic E-state index is 14.3. The maximum absolute atomic E-state index is 14.3. The Morgan fingerprint density at radius 1 is 0.978 bits per heavy atom. The zero-order valence-corrected chi connectivity index (χ0v) is 22.7. The molecule has 0 unspecified atom stereocenters. The number of aromatic carboxylic acids is 1. The highest BCUT2D eigenvalue weighted by atomic mass is 19.1. The van der Waals surface area contributed by atoms with Crippen molar-refractivity contribution in [2.45, 2.75) is 12.6 Å². The van der Waals surface area contributed by atoms with Crippen LogP contribution in [0.4, 0.5) is 21.5 Å². The SMILES string of the molecule is NC(=O)[C@H](NC(=O)c1cc(C(=O)NCc2ccc(F)c(Nc3c(N)c(=O)c3=O)c2)nc2nc(O)cn12)c1ccc(C(=O)O)cc1. The lowest BCUT2D eigenvalue weighted by Crippen LogP contribution is -2.38. The van der Waals surface area contributed by atoms with Crippen LogP contribution in [0.25, 0.3) is 5.78 Å². The van der Waals surface area contributed by atoms with Crippen molar-refractivity contribution in [1.82, 2.24) is 25.0 Å². The number of nitrogens with two attached hydrogens (primary N) is 2. The molecule has 0 saturated carbocycles. The van der Waals surface area contributed by atoms with Crippen molar-refractivity contribution < 1.29 is 33.8 Å². The van der Waals surface area contributed by atoms with Crippen molar-refractivity contribution in [3.63, 3.8) is 0 Å². The third kappa shape index (κ3) is 5.85. The number of aromatic hydroxyl groups is 1. The van der Waals surface area contributed by atoms with Crippen LogP contribution < -0.4 is 38.3 Å². The summed E-state index contributed by atoms with van der Waals surface area (Å²) < 4.78 is 15.4. The number of hydrogen-bond acceptors (Lipinski definition) is 11. The first-order chi connectivity index (χ1) is 21.3. The van der Waals surface area contributed by atoms with Gasteiger partial charge < -0.3 is 37.6 Å². The summed E-state index contributed by atoms with van der Waals surface area (Å²) in [6, 6.07) is 8.40. The van der Waals surface area contributed by atoms with Gasteiger partial charge in [0, 0.05) is 6.54 Å². The molecule has 0 saturated heterocycles. The van der Waals surface area contributed by atoms with E-state index in [1.165, 1.54) is 36.4 Å². The first-order valence-electron chi connectivity index (χ1n) is 12.8. The molecule has 0 aliphatic carbocycles. The van der Waals surface area contributed by atoms with Crippen molar-refractivity contribution in [3.05, 3.63) is 109 Å². The number of nitrogens with one attached hydrogen (secondary N) is 3. The maximum Gasteiger partial charge on any atom is 0.335 e. The molecule has 16 nitrogen and oxygen atoms in total. The van der Waals surface area contributed by atoms with Crippen molar-refractivity contribution in [3.8, 4) is 5.88 Å². The third-order valence-electron chi connectivity index (χ3n) is 6.63. The molecule has 2 aromatic heterocycles. The second-order valence-corrected chi connectivity index (χ2v) is 9.60. The van der Waals surface area contributed by atoms with Crippen LogP contribution in [0.5, 0.6) is 5.88 Å². The van der Waals surface area contributed by atoms with Gasteiger partial charge in [-0.25, -0.2) is 14.2 Å². The highest BCUT2D eigenvalue weighted by molar-refractivity contribution is 6.00.